The van der Waals surface area contributed by atoms with E-state index in [-0.39, 0.29) is 0 Å². The van der Waals surface area contributed by atoms with Crippen LogP contribution in [0.5, 0.6) is 0 Å². The molecule has 3 aliphatic carbocycles. The Hall–Kier alpha value is -2.37. The van der Waals surface area contributed by atoms with E-state index in [4.69, 9.17) is 15.3 Å². The molecule has 0 aromatic carbocycles. The van der Waals surface area contributed by atoms with Crippen LogP contribution < -0.4 is 0 Å². The number of rotatable bonds is 9. The maximum absolute atomic E-state index is 5.32. The molecular weight excluding hydrogens is 523 g/mol. The van der Waals surface area contributed by atoms with Gasteiger partial charge in [-0.1, -0.05) is 0 Å². The summed E-state index contributed by atoms with van der Waals surface area (Å²) in [5.41, 5.74) is 3.66. The topological polar surface area (TPSA) is 53.5 Å². The molecule has 7 heteroatoms. The molecule has 6 rings (SSSR count). The van der Waals surface area contributed by atoms with Crippen molar-refractivity contribution in [1.82, 2.24) is 29.3 Å². The van der Waals surface area contributed by atoms with Crippen molar-refractivity contribution in [3.05, 3.63) is 77.6 Å². The molecule has 0 N–H and O–H groups in total. The molecule has 0 bridgehead atoms. The van der Waals surface area contributed by atoms with Gasteiger partial charge in [-0.3, -0.25) is 0 Å². The van der Waals surface area contributed by atoms with Crippen LogP contribution in [0.15, 0.2) is 60.5 Å². The summed E-state index contributed by atoms with van der Waals surface area (Å²) < 4.78 is 5.80. The SMILES string of the molecule is C=CC=[CH][Mn][C](n1ccc(C2CCCCC2)n1)(n1ccc(C2CCCCC2)n1)n1ccc(C2CCCCC2)n1. The summed E-state index contributed by atoms with van der Waals surface area (Å²) in [6.45, 7) is 3.95. The number of allylic oxidation sites excluding steroid dienone is 2. The average molecular weight is 568 g/mol. The normalized spacial score (nSPS) is 20.6. The van der Waals surface area contributed by atoms with E-state index >= 15 is 0 Å². The molecular formula is C32H44MnN6. The van der Waals surface area contributed by atoms with E-state index < -0.39 is 4.69 Å². The van der Waals surface area contributed by atoms with E-state index in [1.807, 2.05) is 6.08 Å². The molecule has 209 valence electrons. The van der Waals surface area contributed by atoms with Crippen LogP contribution in [0.3, 0.4) is 0 Å². The minimum absolute atomic E-state index is 0.308. The van der Waals surface area contributed by atoms with Crippen molar-refractivity contribution in [2.24, 2.45) is 0 Å². The van der Waals surface area contributed by atoms with E-state index in [9.17, 15) is 0 Å². The van der Waals surface area contributed by atoms with Crippen molar-refractivity contribution >= 4 is 0 Å². The molecule has 0 unspecified atom stereocenters. The molecule has 0 aliphatic heterocycles. The van der Waals surface area contributed by atoms with E-state index in [1.165, 1.54) is 113 Å². The summed E-state index contributed by atoms with van der Waals surface area (Å²) in [5, 5.41) is 16.0. The van der Waals surface area contributed by atoms with Gasteiger partial charge in [0.1, 0.15) is 0 Å². The van der Waals surface area contributed by atoms with Gasteiger partial charge in [0.15, 0.2) is 0 Å². The van der Waals surface area contributed by atoms with Crippen LogP contribution in [0.1, 0.15) is 131 Å². The zero-order valence-electron chi connectivity index (χ0n) is 23.3. The Bertz CT molecular complexity index is 1100. The first-order valence-corrected chi connectivity index (χ1v) is 16.7. The van der Waals surface area contributed by atoms with Crippen molar-refractivity contribution in [2.45, 2.75) is 119 Å². The average Bonchev–Trinajstić information content (AvgIpc) is 3.79. The molecule has 3 heterocycles. The van der Waals surface area contributed by atoms with Crippen molar-refractivity contribution in [3.8, 4) is 0 Å². The van der Waals surface area contributed by atoms with Crippen LogP contribution in [0, 0.1) is 0 Å². The molecule has 0 atom stereocenters. The zero-order valence-corrected chi connectivity index (χ0v) is 24.5. The Morgan fingerprint density at radius 2 is 0.974 bits per heavy atom. The van der Waals surface area contributed by atoms with Crippen LogP contribution in [-0.4, -0.2) is 29.3 Å². The Labute approximate surface area is 240 Å². The number of nitrogens with zero attached hydrogens (tertiary/aromatic N) is 6. The second kappa shape index (κ2) is 12.4. The van der Waals surface area contributed by atoms with Crippen LogP contribution >= 0.6 is 0 Å². The number of hydrogen-bond acceptors (Lipinski definition) is 3. The summed E-state index contributed by atoms with van der Waals surface area (Å²) in [5.74, 6) is 1.66. The second-order valence-electron chi connectivity index (χ2n) is 11.8. The Morgan fingerprint density at radius 1 is 0.615 bits per heavy atom. The molecule has 3 fully saturated rings. The van der Waals surface area contributed by atoms with Crippen molar-refractivity contribution in [1.29, 1.82) is 0 Å². The molecule has 0 spiro atoms. The molecule has 39 heavy (non-hydrogen) atoms. The van der Waals surface area contributed by atoms with Crippen molar-refractivity contribution in [2.75, 3.05) is 0 Å². The first-order valence-electron chi connectivity index (χ1n) is 15.4. The predicted octanol–water partition coefficient (Wildman–Crippen LogP) is 7.87. The van der Waals surface area contributed by atoms with Gasteiger partial charge in [0.25, 0.3) is 0 Å². The van der Waals surface area contributed by atoms with Crippen LogP contribution in [0.4, 0.5) is 0 Å². The summed E-state index contributed by atoms with van der Waals surface area (Å²) in [7, 11) is 0. The molecule has 0 radical (unpaired) electrons. The maximum atomic E-state index is 5.32. The van der Waals surface area contributed by atoms with Gasteiger partial charge in [0.2, 0.25) is 0 Å². The first-order chi connectivity index (χ1) is 19.3. The van der Waals surface area contributed by atoms with Crippen LogP contribution in [-0.2, 0) is 19.6 Å². The first kappa shape index (κ1) is 26.8. The minimum atomic E-state index is -0.699. The second-order valence-corrected chi connectivity index (χ2v) is 13.3. The molecule has 3 aliphatic rings. The summed E-state index contributed by atoms with van der Waals surface area (Å²) >= 11 is 0.308. The van der Waals surface area contributed by atoms with Crippen LogP contribution in [0.25, 0.3) is 0 Å². The van der Waals surface area contributed by atoms with Gasteiger partial charge in [0, 0.05) is 0 Å². The fraction of sp³-hybridized carbons (Fsp3) is 0.594. The summed E-state index contributed by atoms with van der Waals surface area (Å²) in [4.78, 5) is 2.22. The van der Waals surface area contributed by atoms with E-state index in [2.05, 4.69) is 68.5 Å². The van der Waals surface area contributed by atoms with E-state index in [1.54, 1.807) is 0 Å². The molecule has 3 aromatic rings. The number of aromatic nitrogens is 6. The van der Waals surface area contributed by atoms with Crippen molar-refractivity contribution < 1.29 is 15.0 Å². The quantitative estimate of drug-likeness (QED) is 0.195. The van der Waals surface area contributed by atoms with Gasteiger partial charge in [-0.15, -0.1) is 0 Å². The standard InChI is InChI=1S/C28H39N6.C4H5.Mn/c1-4-10-22(11-5-1)25-16-19-32(29-25)28(33-20-17-26(30-33)23-12-6-2-7-13-23)34-21-18-27(31-34)24-14-8-3-9-15-24;1-3-4-2;/h16-24H,1-15H2;1,3-4H,2H2;. The van der Waals surface area contributed by atoms with Gasteiger partial charge in [-0.2, -0.15) is 0 Å². The van der Waals surface area contributed by atoms with E-state index in [0.29, 0.717) is 32.7 Å². The summed E-state index contributed by atoms with van der Waals surface area (Å²) in [6, 6.07) is 6.76. The third-order valence-electron chi connectivity index (χ3n) is 9.19. The molecule has 0 amide bonds. The number of hydrogen-bond donors (Lipinski definition) is 0. The fourth-order valence-corrected chi connectivity index (χ4v) is 8.42. The molecule has 3 aromatic heterocycles. The van der Waals surface area contributed by atoms with Gasteiger partial charge in [-0.25, -0.2) is 0 Å². The molecule has 6 nitrogen and oxygen atoms in total. The zero-order chi connectivity index (χ0) is 26.5. The van der Waals surface area contributed by atoms with Crippen LogP contribution in [0.2, 0.25) is 0 Å². The van der Waals surface area contributed by atoms with Gasteiger partial charge >= 0.3 is 241 Å². The van der Waals surface area contributed by atoms with Gasteiger partial charge < -0.3 is 0 Å². The Balaban J connectivity index is 1.45. The predicted molar refractivity (Wildman–Crippen MR) is 152 cm³/mol. The van der Waals surface area contributed by atoms with Gasteiger partial charge in [-0.05, 0) is 0 Å². The Morgan fingerprint density at radius 3 is 1.31 bits per heavy atom. The van der Waals surface area contributed by atoms with Crippen molar-refractivity contribution in [3.63, 3.8) is 0 Å². The van der Waals surface area contributed by atoms with Gasteiger partial charge in [0.05, 0.1) is 0 Å². The Kier molecular flexibility index (Phi) is 8.55. The molecule has 0 saturated heterocycles. The fourth-order valence-electron chi connectivity index (χ4n) is 6.97. The molecule has 3 saturated carbocycles. The third-order valence-corrected chi connectivity index (χ3v) is 10.9. The van der Waals surface area contributed by atoms with E-state index in [0.717, 1.165) is 0 Å². The third kappa shape index (κ3) is 5.63. The monoisotopic (exact) mass is 567 g/mol. The summed E-state index contributed by atoms with van der Waals surface area (Å²) in [6.07, 6.45) is 29.8.